The fourth-order valence-corrected chi connectivity index (χ4v) is 5.12. The summed E-state index contributed by atoms with van der Waals surface area (Å²) in [5.74, 6) is 0. The first kappa shape index (κ1) is 16.5. The molecule has 2 rings (SSSR count). The van der Waals surface area contributed by atoms with Crippen LogP contribution in [0.4, 0.5) is 0 Å². The van der Waals surface area contributed by atoms with E-state index in [-0.39, 0.29) is 0 Å². The van der Waals surface area contributed by atoms with E-state index < -0.39 is 10.0 Å². The van der Waals surface area contributed by atoms with Gasteiger partial charge in [0.2, 0.25) is 10.0 Å². The molecule has 118 valence electrons. The van der Waals surface area contributed by atoms with Gasteiger partial charge < -0.3 is 4.90 Å². The van der Waals surface area contributed by atoms with Gasteiger partial charge in [-0.1, -0.05) is 6.07 Å². The molecule has 1 aliphatic rings. The summed E-state index contributed by atoms with van der Waals surface area (Å²) in [6, 6.07) is 2.38. The second-order valence-electron chi connectivity index (χ2n) is 6.36. The van der Waals surface area contributed by atoms with E-state index in [0.29, 0.717) is 24.0 Å². The van der Waals surface area contributed by atoms with Crippen molar-refractivity contribution in [1.82, 2.24) is 9.21 Å². The van der Waals surface area contributed by atoms with Crippen molar-refractivity contribution in [3.8, 4) is 0 Å². The van der Waals surface area contributed by atoms with Crippen LogP contribution >= 0.6 is 0 Å². The van der Waals surface area contributed by atoms with Gasteiger partial charge in [-0.2, -0.15) is 4.31 Å². The summed E-state index contributed by atoms with van der Waals surface area (Å²) < 4.78 is 27.8. The van der Waals surface area contributed by atoms with Crippen molar-refractivity contribution >= 4 is 10.0 Å². The normalized spacial score (nSPS) is 20.4. The average molecular weight is 310 g/mol. The van der Waals surface area contributed by atoms with Gasteiger partial charge in [0.25, 0.3) is 0 Å². The Morgan fingerprint density at radius 1 is 1.10 bits per heavy atom. The van der Waals surface area contributed by atoms with Gasteiger partial charge in [-0.15, -0.1) is 0 Å². The zero-order valence-corrected chi connectivity index (χ0v) is 14.7. The number of nitrogens with zero attached hydrogens (tertiary/aromatic N) is 2. The molecule has 0 bridgehead atoms. The highest BCUT2D eigenvalue weighted by Gasteiger charge is 2.35. The lowest BCUT2D eigenvalue weighted by Gasteiger charge is -2.23. The van der Waals surface area contributed by atoms with Crippen molar-refractivity contribution in [1.29, 1.82) is 0 Å². The van der Waals surface area contributed by atoms with E-state index in [4.69, 9.17) is 0 Å². The highest BCUT2D eigenvalue weighted by Crippen LogP contribution is 2.30. The third-order valence-corrected chi connectivity index (χ3v) is 6.89. The molecule has 5 heteroatoms. The third-order valence-electron chi connectivity index (χ3n) is 4.75. The lowest BCUT2D eigenvalue weighted by molar-refractivity contribution is 0.302. The lowest BCUT2D eigenvalue weighted by atomic mass is 10.0. The zero-order valence-electron chi connectivity index (χ0n) is 13.9. The quantitative estimate of drug-likeness (QED) is 0.860. The standard InChI is InChI=1S/C16H26N2O2S/c1-11-9-12(2)14(4)16(13(11)3)21(19,20)18-8-7-15(10-18)17(5)6/h9,15H,7-8,10H2,1-6H3. The van der Waals surface area contributed by atoms with Crippen molar-refractivity contribution in [2.75, 3.05) is 27.2 Å². The molecule has 1 saturated heterocycles. The minimum absolute atomic E-state index is 0.311. The molecule has 21 heavy (non-hydrogen) atoms. The van der Waals surface area contributed by atoms with Gasteiger partial charge in [0, 0.05) is 19.1 Å². The lowest BCUT2D eigenvalue weighted by Crippen LogP contribution is -2.35. The molecule has 0 spiro atoms. The molecule has 0 amide bonds. The fraction of sp³-hybridized carbons (Fsp3) is 0.625. The van der Waals surface area contributed by atoms with Crippen LogP contribution in [0.25, 0.3) is 0 Å². The Hall–Kier alpha value is -0.910. The minimum Gasteiger partial charge on any atom is -0.305 e. The van der Waals surface area contributed by atoms with Gasteiger partial charge in [0.1, 0.15) is 0 Å². The molecule has 0 saturated carbocycles. The van der Waals surface area contributed by atoms with Crippen LogP contribution in [0.1, 0.15) is 28.7 Å². The fourth-order valence-electron chi connectivity index (χ4n) is 3.05. The number of rotatable bonds is 3. The summed E-state index contributed by atoms with van der Waals surface area (Å²) in [7, 11) is 0.611. The number of sulfonamides is 1. The SMILES string of the molecule is Cc1cc(C)c(C)c(S(=O)(=O)N2CCC(N(C)C)C2)c1C. The summed E-state index contributed by atoms with van der Waals surface area (Å²) in [4.78, 5) is 2.62. The molecule has 1 atom stereocenters. The molecule has 1 aromatic carbocycles. The molecule has 1 unspecified atom stereocenters. The maximum atomic E-state index is 13.1. The van der Waals surface area contributed by atoms with Crippen LogP contribution in [0, 0.1) is 27.7 Å². The molecule has 1 aliphatic heterocycles. The van der Waals surface area contributed by atoms with Gasteiger partial charge in [0.15, 0.2) is 0 Å². The van der Waals surface area contributed by atoms with E-state index in [1.54, 1.807) is 4.31 Å². The van der Waals surface area contributed by atoms with Gasteiger partial charge in [-0.05, 0) is 70.5 Å². The van der Waals surface area contributed by atoms with Gasteiger partial charge in [0.05, 0.1) is 4.90 Å². The van der Waals surface area contributed by atoms with Crippen LogP contribution in [-0.4, -0.2) is 50.8 Å². The Balaban J connectivity index is 2.47. The smallest absolute Gasteiger partial charge is 0.243 e. The van der Waals surface area contributed by atoms with E-state index in [1.165, 1.54) is 0 Å². The van der Waals surface area contributed by atoms with Crippen LogP contribution in [0.5, 0.6) is 0 Å². The number of likely N-dealkylation sites (N-methyl/N-ethyl adjacent to an activating group) is 1. The molecule has 1 heterocycles. The van der Waals surface area contributed by atoms with Crippen LogP contribution < -0.4 is 0 Å². The van der Waals surface area contributed by atoms with Crippen molar-refractivity contribution in [3.05, 3.63) is 28.3 Å². The first-order valence-electron chi connectivity index (χ1n) is 7.40. The first-order valence-corrected chi connectivity index (χ1v) is 8.84. The maximum Gasteiger partial charge on any atom is 0.243 e. The van der Waals surface area contributed by atoms with Crippen molar-refractivity contribution in [2.24, 2.45) is 0 Å². The monoisotopic (exact) mass is 310 g/mol. The van der Waals surface area contributed by atoms with Gasteiger partial charge >= 0.3 is 0 Å². The highest BCUT2D eigenvalue weighted by molar-refractivity contribution is 7.89. The van der Waals surface area contributed by atoms with Gasteiger partial charge in [-0.25, -0.2) is 8.42 Å². The maximum absolute atomic E-state index is 13.1. The molecular formula is C16H26N2O2S. The van der Waals surface area contributed by atoms with Crippen molar-refractivity contribution in [3.63, 3.8) is 0 Å². The predicted octanol–water partition coefficient (Wildman–Crippen LogP) is 2.24. The van der Waals surface area contributed by atoms with Crippen LogP contribution in [0.15, 0.2) is 11.0 Å². The summed E-state index contributed by atoms with van der Waals surface area (Å²) in [5.41, 5.74) is 3.85. The number of hydrogen-bond donors (Lipinski definition) is 0. The largest absolute Gasteiger partial charge is 0.305 e. The van der Waals surface area contributed by atoms with Crippen molar-refractivity contribution < 1.29 is 8.42 Å². The van der Waals surface area contributed by atoms with E-state index in [1.807, 2.05) is 41.8 Å². The number of benzene rings is 1. The van der Waals surface area contributed by atoms with Crippen LogP contribution in [-0.2, 0) is 10.0 Å². The summed E-state index contributed by atoms with van der Waals surface area (Å²) in [6.45, 7) is 8.97. The van der Waals surface area contributed by atoms with E-state index in [0.717, 1.165) is 28.7 Å². The highest BCUT2D eigenvalue weighted by atomic mass is 32.2. The summed E-state index contributed by atoms with van der Waals surface area (Å²) >= 11 is 0. The Bertz CT molecular complexity index is 624. The molecular weight excluding hydrogens is 284 g/mol. The molecule has 0 aliphatic carbocycles. The first-order chi connectivity index (χ1) is 9.66. The van der Waals surface area contributed by atoms with Crippen LogP contribution in [0.2, 0.25) is 0 Å². The Labute approximate surface area is 128 Å². The topological polar surface area (TPSA) is 40.6 Å². The number of aryl methyl sites for hydroxylation is 2. The van der Waals surface area contributed by atoms with Gasteiger partial charge in [-0.3, -0.25) is 0 Å². The van der Waals surface area contributed by atoms with Crippen LogP contribution in [0.3, 0.4) is 0 Å². The molecule has 0 N–H and O–H groups in total. The molecule has 1 fully saturated rings. The second-order valence-corrected chi connectivity index (χ2v) is 8.23. The van der Waals surface area contributed by atoms with Crippen molar-refractivity contribution in [2.45, 2.75) is 45.1 Å². The Kier molecular flexibility index (Phi) is 4.47. The Morgan fingerprint density at radius 3 is 2.05 bits per heavy atom. The molecule has 4 nitrogen and oxygen atoms in total. The summed E-state index contributed by atoms with van der Waals surface area (Å²) in [6.07, 6.45) is 0.898. The van der Waals surface area contributed by atoms with E-state index in [2.05, 4.69) is 11.0 Å². The minimum atomic E-state index is -3.40. The molecule has 1 aromatic rings. The Morgan fingerprint density at radius 2 is 1.62 bits per heavy atom. The predicted molar refractivity (Wildman–Crippen MR) is 86.2 cm³/mol. The summed E-state index contributed by atoms with van der Waals surface area (Å²) in [5, 5.41) is 0. The number of hydrogen-bond acceptors (Lipinski definition) is 3. The average Bonchev–Trinajstić information content (AvgIpc) is 2.87. The third kappa shape index (κ3) is 2.87. The second kappa shape index (κ2) is 5.71. The van der Waals surface area contributed by atoms with E-state index >= 15 is 0 Å². The molecule has 0 aromatic heterocycles. The molecule has 0 radical (unpaired) electrons. The zero-order chi connectivity index (χ0) is 15.9. The van der Waals surface area contributed by atoms with E-state index in [9.17, 15) is 8.42 Å².